The summed E-state index contributed by atoms with van der Waals surface area (Å²) in [5.74, 6) is 0. The first kappa shape index (κ1) is 15.7. The van der Waals surface area contributed by atoms with Crippen LogP contribution < -0.4 is 5.73 Å². The average molecular weight is 268 g/mol. The number of hydrogen-bond acceptors (Lipinski definition) is 3. The molecule has 0 radical (unpaired) electrons. The zero-order valence-electron chi connectivity index (χ0n) is 10.9. The molecule has 108 valence electrons. The number of nitrogens with zero attached hydrogens (tertiary/aromatic N) is 1. The minimum Gasteiger partial charge on any atom is -0.372 e. The molecule has 0 aromatic carbocycles. The molecule has 2 N–H and O–H groups in total. The maximum Gasteiger partial charge on any atom is 0.411 e. The summed E-state index contributed by atoms with van der Waals surface area (Å²) < 4.78 is 40.1. The lowest BCUT2D eigenvalue weighted by Gasteiger charge is -2.38. The van der Waals surface area contributed by atoms with Crippen molar-refractivity contribution in [3.05, 3.63) is 0 Å². The number of nitrogens with two attached hydrogens (primary N) is 1. The predicted octanol–water partition coefficient (Wildman–Crippen LogP) is 2.16. The number of halogens is 3. The summed E-state index contributed by atoms with van der Waals surface area (Å²) in [5, 5.41) is 0. The standard InChI is InChI=1S/C12H23F3N2O/c1-17(11(9-16)5-2-3-6-11)7-4-8-18-10-12(13,14)15/h2-10,16H2,1H3. The largest absolute Gasteiger partial charge is 0.411 e. The predicted molar refractivity (Wildman–Crippen MR) is 64.4 cm³/mol. The topological polar surface area (TPSA) is 38.5 Å². The molecule has 1 aliphatic carbocycles. The summed E-state index contributed by atoms with van der Waals surface area (Å²) in [7, 11) is 2.00. The van der Waals surface area contributed by atoms with Crippen molar-refractivity contribution in [3.8, 4) is 0 Å². The molecule has 1 aliphatic rings. The van der Waals surface area contributed by atoms with E-state index in [0.717, 1.165) is 19.4 Å². The molecule has 0 amide bonds. The number of rotatable bonds is 7. The van der Waals surface area contributed by atoms with Crippen molar-refractivity contribution in [1.29, 1.82) is 0 Å². The molecule has 0 atom stereocenters. The molecule has 3 nitrogen and oxygen atoms in total. The smallest absolute Gasteiger partial charge is 0.372 e. The lowest BCUT2D eigenvalue weighted by molar-refractivity contribution is -0.174. The normalized spacial score (nSPS) is 19.7. The van der Waals surface area contributed by atoms with Gasteiger partial charge in [0.05, 0.1) is 0 Å². The lowest BCUT2D eigenvalue weighted by Crippen LogP contribution is -2.50. The highest BCUT2D eigenvalue weighted by Gasteiger charge is 2.35. The summed E-state index contributed by atoms with van der Waals surface area (Å²) in [5.41, 5.74) is 5.90. The van der Waals surface area contributed by atoms with E-state index in [4.69, 9.17) is 5.73 Å². The van der Waals surface area contributed by atoms with E-state index in [0.29, 0.717) is 13.0 Å². The highest BCUT2D eigenvalue weighted by atomic mass is 19.4. The van der Waals surface area contributed by atoms with E-state index in [1.807, 2.05) is 7.05 Å². The van der Waals surface area contributed by atoms with Crippen LogP contribution in [0, 0.1) is 0 Å². The van der Waals surface area contributed by atoms with Crippen molar-refractivity contribution >= 4 is 0 Å². The van der Waals surface area contributed by atoms with Gasteiger partial charge in [0.25, 0.3) is 0 Å². The van der Waals surface area contributed by atoms with Crippen LogP contribution in [0.5, 0.6) is 0 Å². The first-order valence-electron chi connectivity index (χ1n) is 6.45. The highest BCUT2D eigenvalue weighted by Crippen LogP contribution is 2.33. The van der Waals surface area contributed by atoms with Crippen LogP contribution in [0.3, 0.4) is 0 Å². The van der Waals surface area contributed by atoms with E-state index >= 15 is 0 Å². The van der Waals surface area contributed by atoms with Crippen molar-refractivity contribution in [3.63, 3.8) is 0 Å². The Balaban J connectivity index is 2.18. The number of ether oxygens (including phenoxy) is 1. The van der Waals surface area contributed by atoms with Crippen molar-refractivity contribution in [2.24, 2.45) is 5.73 Å². The zero-order valence-corrected chi connectivity index (χ0v) is 10.9. The first-order chi connectivity index (χ1) is 8.40. The third-order valence-electron chi connectivity index (χ3n) is 3.77. The summed E-state index contributed by atoms with van der Waals surface area (Å²) in [6.45, 7) is 0.339. The van der Waals surface area contributed by atoms with Crippen LogP contribution in [-0.4, -0.2) is 50.0 Å². The first-order valence-corrected chi connectivity index (χ1v) is 6.45. The van der Waals surface area contributed by atoms with Crippen LogP contribution in [0.2, 0.25) is 0 Å². The summed E-state index contributed by atoms with van der Waals surface area (Å²) in [4.78, 5) is 2.19. The maximum atomic E-state index is 11.9. The molecule has 0 bridgehead atoms. The minimum absolute atomic E-state index is 0.0596. The van der Waals surface area contributed by atoms with Crippen molar-refractivity contribution in [2.75, 3.05) is 33.4 Å². The number of likely N-dealkylation sites (N-methyl/N-ethyl adjacent to an activating group) is 1. The molecule has 1 fully saturated rings. The summed E-state index contributed by atoms with van der Waals surface area (Å²) >= 11 is 0. The lowest BCUT2D eigenvalue weighted by atomic mass is 9.95. The third-order valence-corrected chi connectivity index (χ3v) is 3.77. The van der Waals surface area contributed by atoms with Gasteiger partial charge >= 0.3 is 6.18 Å². The van der Waals surface area contributed by atoms with Gasteiger partial charge in [-0.1, -0.05) is 12.8 Å². The molecule has 0 aromatic rings. The number of alkyl halides is 3. The summed E-state index contributed by atoms with van der Waals surface area (Å²) in [6.07, 6.45) is 0.926. The quantitative estimate of drug-likeness (QED) is 0.719. The monoisotopic (exact) mass is 268 g/mol. The van der Waals surface area contributed by atoms with Gasteiger partial charge in [0.2, 0.25) is 0 Å². The highest BCUT2D eigenvalue weighted by molar-refractivity contribution is 4.94. The molecular weight excluding hydrogens is 245 g/mol. The third kappa shape index (κ3) is 4.74. The molecule has 0 unspecified atom stereocenters. The zero-order chi connectivity index (χ0) is 13.6. The van der Waals surface area contributed by atoms with Crippen LogP contribution in [0.1, 0.15) is 32.1 Å². The van der Waals surface area contributed by atoms with Crippen LogP contribution in [0.25, 0.3) is 0 Å². The van der Waals surface area contributed by atoms with E-state index in [2.05, 4.69) is 9.64 Å². The molecule has 18 heavy (non-hydrogen) atoms. The van der Waals surface area contributed by atoms with Gasteiger partial charge in [-0.3, -0.25) is 4.90 Å². The van der Waals surface area contributed by atoms with Crippen LogP contribution in [-0.2, 0) is 4.74 Å². The van der Waals surface area contributed by atoms with E-state index in [1.54, 1.807) is 0 Å². The van der Waals surface area contributed by atoms with Crippen molar-refractivity contribution in [2.45, 2.75) is 43.8 Å². The van der Waals surface area contributed by atoms with E-state index in [1.165, 1.54) is 12.8 Å². The second-order valence-electron chi connectivity index (χ2n) is 5.08. The molecular formula is C12H23F3N2O. The Kier molecular flexibility index (Phi) is 5.88. The summed E-state index contributed by atoms with van der Waals surface area (Å²) in [6, 6.07) is 0. The van der Waals surface area contributed by atoms with Gasteiger partial charge in [-0.15, -0.1) is 0 Å². The maximum absolute atomic E-state index is 11.9. The van der Waals surface area contributed by atoms with Gasteiger partial charge in [0, 0.05) is 25.2 Å². The van der Waals surface area contributed by atoms with Crippen LogP contribution >= 0.6 is 0 Å². The average Bonchev–Trinajstić information content (AvgIpc) is 2.76. The Hall–Kier alpha value is -0.330. The molecule has 0 spiro atoms. The molecule has 0 aromatic heterocycles. The molecule has 0 aliphatic heterocycles. The fraction of sp³-hybridized carbons (Fsp3) is 1.00. The fourth-order valence-electron chi connectivity index (χ4n) is 2.60. The van der Waals surface area contributed by atoms with Gasteiger partial charge in [0.1, 0.15) is 6.61 Å². The Morgan fingerprint density at radius 2 is 1.89 bits per heavy atom. The second kappa shape index (κ2) is 6.73. The number of hydrogen-bond donors (Lipinski definition) is 1. The minimum atomic E-state index is -4.23. The van der Waals surface area contributed by atoms with Gasteiger partial charge in [-0.2, -0.15) is 13.2 Å². The van der Waals surface area contributed by atoms with Crippen LogP contribution in [0.15, 0.2) is 0 Å². The molecule has 0 saturated heterocycles. The Morgan fingerprint density at radius 1 is 1.28 bits per heavy atom. The fourth-order valence-corrected chi connectivity index (χ4v) is 2.60. The Labute approximate surface area is 106 Å². The van der Waals surface area contributed by atoms with Crippen molar-refractivity contribution < 1.29 is 17.9 Å². The molecule has 1 saturated carbocycles. The van der Waals surface area contributed by atoms with Crippen LogP contribution in [0.4, 0.5) is 13.2 Å². The van der Waals surface area contributed by atoms with Crippen molar-refractivity contribution in [1.82, 2.24) is 4.90 Å². The van der Waals surface area contributed by atoms with E-state index < -0.39 is 12.8 Å². The molecule has 6 heteroatoms. The van der Waals surface area contributed by atoms with E-state index in [-0.39, 0.29) is 12.1 Å². The Bertz CT molecular complexity index is 240. The molecule has 1 rings (SSSR count). The second-order valence-corrected chi connectivity index (χ2v) is 5.08. The van der Waals surface area contributed by atoms with Gasteiger partial charge < -0.3 is 10.5 Å². The Morgan fingerprint density at radius 3 is 2.39 bits per heavy atom. The van der Waals surface area contributed by atoms with E-state index in [9.17, 15) is 13.2 Å². The van der Waals surface area contributed by atoms with Gasteiger partial charge in [-0.05, 0) is 26.3 Å². The van der Waals surface area contributed by atoms with Gasteiger partial charge in [-0.25, -0.2) is 0 Å². The van der Waals surface area contributed by atoms with Gasteiger partial charge in [0.15, 0.2) is 0 Å². The molecule has 0 heterocycles. The SMILES string of the molecule is CN(CCCOCC(F)(F)F)C1(CN)CCCC1.